The summed E-state index contributed by atoms with van der Waals surface area (Å²) in [5.41, 5.74) is 1.08. The van der Waals surface area contributed by atoms with E-state index in [9.17, 15) is 0 Å². The lowest BCUT2D eigenvalue weighted by atomic mass is 9.96. The third-order valence-electron chi connectivity index (χ3n) is 3.67. The fourth-order valence-electron chi connectivity index (χ4n) is 2.37. The number of hydrogen-bond donors (Lipinski definition) is 1. The molecule has 2 aromatic rings. The van der Waals surface area contributed by atoms with Crippen LogP contribution >= 0.6 is 12.2 Å². The molecule has 0 bridgehead atoms. The lowest BCUT2D eigenvalue weighted by Gasteiger charge is -2.18. The zero-order chi connectivity index (χ0) is 17.9. The Kier molecular flexibility index (Phi) is 5.66. The highest BCUT2D eigenvalue weighted by atomic mass is 32.1. The van der Waals surface area contributed by atoms with Gasteiger partial charge in [0.15, 0.2) is 11.5 Å². The summed E-state index contributed by atoms with van der Waals surface area (Å²) in [6.45, 7) is 7.72. The standard InChI is InChI=1S/C17H26N4O2S/c1-17(2,3)15-18-16(24)21(19-15)11-20(4)10-12-7-8-13(22-5)14(9-12)23-6/h7-9H,10-11H2,1-6H3,(H,18,19,24). The first-order chi connectivity index (χ1) is 11.2. The molecule has 0 unspecified atom stereocenters. The van der Waals surface area contributed by atoms with Gasteiger partial charge >= 0.3 is 0 Å². The molecule has 0 aliphatic rings. The second-order valence-corrected chi connectivity index (χ2v) is 7.24. The summed E-state index contributed by atoms with van der Waals surface area (Å²) in [6.07, 6.45) is 0. The summed E-state index contributed by atoms with van der Waals surface area (Å²) >= 11 is 5.35. The monoisotopic (exact) mass is 350 g/mol. The van der Waals surface area contributed by atoms with Crippen LogP contribution in [-0.2, 0) is 18.6 Å². The highest BCUT2D eigenvalue weighted by Crippen LogP contribution is 2.28. The van der Waals surface area contributed by atoms with Crippen molar-refractivity contribution in [1.82, 2.24) is 19.7 Å². The number of methoxy groups -OCH3 is 2. The van der Waals surface area contributed by atoms with Gasteiger partial charge in [-0.25, -0.2) is 9.67 Å². The predicted molar refractivity (Wildman–Crippen MR) is 97.1 cm³/mol. The van der Waals surface area contributed by atoms with Crippen LogP contribution in [-0.4, -0.2) is 40.9 Å². The lowest BCUT2D eigenvalue weighted by Crippen LogP contribution is -2.23. The van der Waals surface area contributed by atoms with Crippen molar-refractivity contribution in [1.29, 1.82) is 0 Å². The molecule has 0 saturated heterocycles. The number of aromatic nitrogens is 3. The smallest absolute Gasteiger partial charge is 0.217 e. The summed E-state index contributed by atoms with van der Waals surface area (Å²) < 4.78 is 13.1. The number of H-pyrrole nitrogens is 1. The van der Waals surface area contributed by atoms with Gasteiger partial charge in [0.05, 0.1) is 20.9 Å². The number of benzene rings is 1. The second kappa shape index (κ2) is 7.36. The van der Waals surface area contributed by atoms with Crippen molar-refractivity contribution in [2.24, 2.45) is 0 Å². The van der Waals surface area contributed by atoms with Crippen LogP contribution in [0.15, 0.2) is 18.2 Å². The van der Waals surface area contributed by atoms with Crippen LogP contribution in [0, 0.1) is 4.77 Å². The molecule has 0 spiro atoms. The number of ether oxygens (including phenoxy) is 2. The average molecular weight is 350 g/mol. The Balaban J connectivity index is 2.10. The van der Waals surface area contributed by atoms with E-state index in [0.717, 1.165) is 29.4 Å². The topological polar surface area (TPSA) is 55.3 Å². The Morgan fingerprint density at radius 1 is 1.21 bits per heavy atom. The van der Waals surface area contributed by atoms with Crippen LogP contribution in [0.1, 0.15) is 32.2 Å². The molecular weight excluding hydrogens is 324 g/mol. The molecule has 1 aromatic carbocycles. The van der Waals surface area contributed by atoms with Gasteiger partial charge in [0.2, 0.25) is 4.77 Å². The molecule has 24 heavy (non-hydrogen) atoms. The van der Waals surface area contributed by atoms with Crippen LogP contribution in [0.3, 0.4) is 0 Å². The number of aromatic amines is 1. The Labute approximate surface area is 148 Å². The zero-order valence-corrected chi connectivity index (χ0v) is 16.0. The van der Waals surface area contributed by atoms with E-state index in [2.05, 4.69) is 35.8 Å². The van der Waals surface area contributed by atoms with E-state index < -0.39 is 0 Å². The van der Waals surface area contributed by atoms with Gasteiger partial charge in [-0.2, -0.15) is 0 Å². The van der Waals surface area contributed by atoms with E-state index in [1.165, 1.54) is 0 Å². The SMILES string of the molecule is COc1ccc(CN(C)Cn2[nH]c(C(C)(C)C)nc2=S)cc1OC. The van der Waals surface area contributed by atoms with Crippen molar-refractivity contribution < 1.29 is 9.47 Å². The Morgan fingerprint density at radius 2 is 1.88 bits per heavy atom. The fraction of sp³-hybridized carbons (Fsp3) is 0.529. The maximum atomic E-state index is 5.36. The minimum Gasteiger partial charge on any atom is -0.493 e. The lowest BCUT2D eigenvalue weighted by molar-refractivity contribution is 0.242. The van der Waals surface area contributed by atoms with Gasteiger partial charge in [0, 0.05) is 12.0 Å². The zero-order valence-electron chi connectivity index (χ0n) is 15.2. The highest BCUT2D eigenvalue weighted by Gasteiger charge is 2.18. The van der Waals surface area contributed by atoms with Crippen molar-refractivity contribution >= 4 is 12.2 Å². The molecule has 2 rings (SSSR count). The molecule has 0 saturated carbocycles. The first-order valence-electron chi connectivity index (χ1n) is 7.81. The summed E-state index contributed by atoms with van der Waals surface area (Å²) in [4.78, 5) is 6.61. The number of hydrogen-bond acceptors (Lipinski definition) is 5. The van der Waals surface area contributed by atoms with Gasteiger partial charge < -0.3 is 9.47 Å². The molecular formula is C17H26N4O2S. The molecule has 1 heterocycles. The third kappa shape index (κ3) is 4.36. The van der Waals surface area contributed by atoms with Gasteiger partial charge in [-0.1, -0.05) is 26.8 Å². The average Bonchev–Trinajstić information content (AvgIpc) is 2.88. The van der Waals surface area contributed by atoms with Gasteiger partial charge in [-0.15, -0.1) is 0 Å². The molecule has 7 heteroatoms. The van der Waals surface area contributed by atoms with Crippen LogP contribution in [0.4, 0.5) is 0 Å². The summed E-state index contributed by atoms with van der Waals surface area (Å²) in [5, 5.41) is 3.29. The van der Waals surface area contributed by atoms with Crippen molar-refractivity contribution in [3.05, 3.63) is 34.4 Å². The van der Waals surface area contributed by atoms with Crippen LogP contribution in [0.5, 0.6) is 11.5 Å². The summed E-state index contributed by atoms with van der Waals surface area (Å²) in [6, 6.07) is 5.94. The number of nitrogens with zero attached hydrogens (tertiary/aromatic N) is 3. The quantitative estimate of drug-likeness (QED) is 0.810. The molecule has 6 nitrogen and oxygen atoms in total. The summed E-state index contributed by atoms with van der Waals surface area (Å²) in [5.74, 6) is 2.36. The molecule has 132 valence electrons. The molecule has 0 aliphatic carbocycles. The van der Waals surface area contributed by atoms with Crippen molar-refractivity contribution in [2.75, 3.05) is 21.3 Å². The first-order valence-corrected chi connectivity index (χ1v) is 8.22. The molecule has 0 atom stereocenters. The third-order valence-corrected chi connectivity index (χ3v) is 3.98. The Hall–Kier alpha value is -1.86. The summed E-state index contributed by atoms with van der Waals surface area (Å²) in [7, 11) is 5.32. The second-order valence-electron chi connectivity index (χ2n) is 6.88. The van der Waals surface area contributed by atoms with E-state index >= 15 is 0 Å². The molecule has 1 aromatic heterocycles. The van der Waals surface area contributed by atoms with Crippen molar-refractivity contribution in [2.45, 2.75) is 39.4 Å². The van der Waals surface area contributed by atoms with Gasteiger partial charge in [-0.05, 0) is 37.0 Å². The molecule has 1 N–H and O–H groups in total. The van der Waals surface area contributed by atoms with E-state index in [4.69, 9.17) is 21.7 Å². The number of nitrogens with one attached hydrogen (secondary N) is 1. The van der Waals surface area contributed by atoms with Crippen LogP contribution in [0.25, 0.3) is 0 Å². The molecule has 0 amide bonds. The minimum atomic E-state index is -0.0548. The minimum absolute atomic E-state index is 0.0548. The molecule has 0 fully saturated rings. The van der Waals surface area contributed by atoms with E-state index in [1.54, 1.807) is 14.2 Å². The Bertz CT molecular complexity index is 746. The van der Waals surface area contributed by atoms with Crippen molar-refractivity contribution in [3.63, 3.8) is 0 Å². The molecule has 0 aliphatic heterocycles. The highest BCUT2D eigenvalue weighted by molar-refractivity contribution is 7.71. The van der Waals surface area contributed by atoms with Gasteiger partial charge in [0.25, 0.3) is 0 Å². The maximum absolute atomic E-state index is 5.36. The van der Waals surface area contributed by atoms with E-state index in [0.29, 0.717) is 11.4 Å². The van der Waals surface area contributed by atoms with Crippen molar-refractivity contribution in [3.8, 4) is 11.5 Å². The fourth-order valence-corrected chi connectivity index (χ4v) is 2.56. The Morgan fingerprint density at radius 3 is 2.42 bits per heavy atom. The maximum Gasteiger partial charge on any atom is 0.217 e. The van der Waals surface area contributed by atoms with Gasteiger partial charge in [0.1, 0.15) is 5.82 Å². The number of rotatable bonds is 6. The van der Waals surface area contributed by atoms with Crippen LogP contribution in [0.2, 0.25) is 0 Å². The largest absolute Gasteiger partial charge is 0.493 e. The molecule has 0 radical (unpaired) electrons. The van der Waals surface area contributed by atoms with E-state index in [-0.39, 0.29) is 5.41 Å². The first kappa shape index (κ1) is 18.5. The van der Waals surface area contributed by atoms with Gasteiger partial charge in [-0.3, -0.25) is 10.00 Å². The van der Waals surface area contributed by atoms with Crippen LogP contribution < -0.4 is 9.47 Å². The predicted octanol–water partition coefficient (Wildman–Crippen LogP) is 3.34. The van der Waals surface area contributed by atoms with E-state index in [1.807, 2.05) is 29.9 Å². The normalized spacial score (nSPS) is 11.8.